The molecule has 1 atom stereocenters. The highest BCUT2D eigenvalue weighted by molar-refractivity contribution is 5.87. The predicted octanol–water partition coefficient (Wildman–Crippen LogP) is 3.47. The minimum Gasteiger partial charge on any atom is -0.462 e. The highest BCUT2D eigenvalue weighted by Crippen LogP contribution is 2.04. The Morgan fingerprint density at radius 1 is 1.05 bits per heavy atom. The van der Waals surface area contributed by atoms with Gasteiger partial charge >= 0.3 is 5.97 Å². The summed E-state index contributed by atoms with van der Waals surface area (Å²) in [5.74, 6) is -0.362. The lowest BCUT2D eigenvalue weighted by Crippen LogP contribution is -2.16. The monoisotopic (exact) mass is 316 g/mol. The van der Waals surface area contributed by atoms with Gasteiger partial charge in [0.15, 0.2) is 6.29 Å². The van der Waals surface area contributed by atoms with Crippen LogP contribution in [0.3, 0.4) is 0 Å². The molecule has 0 aromatic heterocycles. The smallest absolute Gasteiger partial charge is 0.335 e. The van der Waals surface area contributed by atoms with Gasteiger partial charge in [-0.1, -0.05) is 33.3 Å². The molecule has 0 aromatic carbocycles. The zero-order chi connectivity index (χ0) is 16.6. The van der Waals surface area contributed by atoms with Gasteiger partial charge in [-0.05, 0) is 25.7 Å². The third kappa shape index (κ3) is 11.7. The molecule has 5 nitrogen and oxygen atoms in total. The zero-order valence-electron chi connectivity index (χ0n) is 14.4. The highest BCUT2D eigenvalue weighted by Gasteiger charge is 2.08. The highest BCUT2D eigenvalue weighted by atomic mass is 16.7. The molecule has 0 saturated carbocycles. The second-order valence-corrected chi connectivity index (χ2v) is 5.18. The molecule has 130 valence electrons. The van der Waals surface area contributed by atoms with Gasteiger partial charge in [0.25, 0.3) is 0 Å². The van der Waals surface area contributed by atoms with E-state index in [1.165, 1.54) is 0 Å². The first-order valence-corrected chi connectivity index (χ1v) is 8.22. The van der Waals surface area contributed by atoms with E-state index < -0.39 is 0 Å². The summed E-state index contributed by atoms with van der Waals surface area (Å²) in [6.45, 7) is 9.74. The van der Waals surface area contributed by atoms with E-state index in [0.717, 1.165) is 38.5 Å². The van der Waals surface area contributed by atoms with Crippen LogP contribution in [0.15, 0.2) is 12.2 Å². The lowest BCUT2D eigenvalue weighted by atomic mass is 10.3. The van der Waals surface area contributed by atoms with Gasteiger partial charge < -0.3 is 18.9 Å². The zero-order valence-corrected chi connectivity index (χ0v) is 14.4. The second-order valence-electron chi connectivity index (χ2n) is 5.18. The number of rotatable bonds is 15. The van der Waals surface area contributed by atoms with Crippen molar-refractivity contribution in [3.8, 4) is 0 Å². The van der Waals surface area contributed by atoms with Crippen LogP contribution in [0.4, 0.5) is 0 Å². The molecule has 0 saturated heterocycles. The summed E-state index contributed by atoms with van der Waals surface area (Å²) in [5, 5.41) is 0. The molecule has 0 N–H and O–H groups in total. The van der Waals surface area contributed by atoms with Crippen LogP contribution in [0.2, 0.25) is 0 Å². The maximum Gasteiger partial charge on any atom is 0.335 e. The number of ether oxygens (including phenoxy) is 4. The summed E-state index contributed by atoms with van der Waals surface area (Å²) < 4.78 is 21.2. The third-order valence-electron chi connectivity index (χ3n) is 3.07. The summed E-state index contributed by atoms with van der Waals surface area (Å²) in [5.41, 5.74) is 0.370. The van der Waals surface area contributed by atoms with Crippen LogP contribution >= 0.6 is 0 Å². The molecule has 0 spiro atoms. The van der Waals surface area contributed by atoms with E-state index in [1.54, 1.807) is 7.11 Å². The maximum absolute atomic E-state index is 11.5. The van der Waals surface area contributed by atoms with Crippen molar-refractivity contribution in [2.45, 2.75) is 58.7 Å². The molecule has 0 amide bonds. The van der Waals surface area contributed by atoms with Crippen LogP contribution in [0.5, 0.6) is 0 Å². The van der Waals surface area contributed by atoms with Crippen LogP contribution < -0.4 is 0 Å². The summed E-state index contributed by atoms with van der Waals surface area (Å²) in [6, 6.07) is 0. The van der Waals surface area contributed by atoms with Crippen molar-refractivity contribution in [3.05, 3.63) is 12.2 Å². The topological polar surface area (TPSA) is 54.0 Å². The number of methoxy groups -OCH3 is 1. The third-order valence-corrected chi connectivity index (χ3v) is 3.07. The van der Waals surface area contributed by atoms with Gasteiger partial charge in [-0.15, -0.1) is 0 Å². The minimum absolute atomic E-state index is 0.108. The van der Waals surface area contributed by atoms with Crippen molar-refractivity contribution < 1.29 is 23.7 Å². The van der Waals surface area contributed by atoms with Gasteiger partial charge in [0.2, 0.25) is 0 Å². The molecule has 0 fully saturated rings. The van der Waals surface area contributed by atoms with Crippen LogP contribution in [-0.4, -0.2) is 45.8 Å². The van der Waals surface area contributed by atoms with Crippen molar-refractivity contribution >= 4 is 5.97 Å². The van der Waals surface area contributed by atoms with E-state index in [2.05, 4.69) is 13.5 Å². The lowest BCUT2D eigenvalue weighted by Gasteiger charge is -2.15. The van der Waals surface area contributed by atoms with Crippen molar-refractivity contribution in [2.24, 2.45) is 0 Å². The molecule has 0 aromatic rings. The quantitative estimate of drug-likeness (QED) is 0.200. The molecule has 0 heterocycles. The molecular weight excluding hydrogens is 284 g/mol. The van der Waals surface area contributed by atoms with Crippen LogP contribution in [0.1, 0.15) is 52.4 Å². The first kappa shape index (κ1) is 21.1. The van der Waals surface area contributed by atoms with Crippen LogP contribution in [-0.2, 0) is 23.7 Å². The maximum atomic E-state index is 11.5. The first-order valence-electron chi connectivity index (χ1n) is 8.22. The number of carbonyl (C=O) groups is 1. The SMILES string of the molecule is C=C(COCCCCOC(CCC)OC)C(=O)OCCCC. The molecular formula is C17H32O5. The van der Waals surface area contributed by atoms with Gasteiger partial charge in [-0.3, -0.25) is 0 Å². The molecule has 1 unspecified atom stereocenters. The number of esters is 1. The Morgan fingerprint density at radius 2 is 1.77 bits per heavy atom. The first-order chi connectivity index (χ1) is 10.7. The number of carbonyl (C=O) groups excluding carboxylic acids is 1. The molecule has 22 heavy (non-hydrogen) atoms. The summed E-state index contributed by atoms with van der Waals surface area (Å²) in [7, 11) is 1.66. The van der Waals surface area contributed by atoms with Crippen LogP contribution in [0.25, 0.3) is 0 Å². The summed E-state index contributed by atoms with van der Waals surface area (Å²) >= 11 is 0. The fraction of sp³-hybridized carbons (Fsp3) is 0.824. The second kappa shape index (κ2) is 15.0. The fourth-order valence-corrected chi connectivity index (χ4v) is 1.69. The number of unbranched alkanes of at least 4 members (excludes halogenated alkanes) is 2. The van der Waals surface area contributed by atoms with Crippen molar-refractivity contribution in [1.29, 1.82) is 0 Å². The van der Waals surface area contributed by atoms with E-state index in [0.29, 0.717) is 25.4 Å². The van der Waals surface area contributed by atoms with Crippen LogP contribution in [0, 0.1) is 0 Å². The molecule has 0 aliphatic heterocycles. The van der Waals surface area contributed by atoms with Crippen molar-refractivity contribution in [1.82, 2.24) is 0 Å². The van der Waals surface area contributed by atoms with Gasteiger partial charge in [-0.2, -0.15) is 0 Å². The van der Waals surface area contributed by atoms with E-state index in [-0.39, 0.29) is 18.9 Å². The Morgan fingerprint density at radius 3 is 2.41 bits per heavy atom. The Labute approximate surface area is 135 Å². The van der Waals surface area contributed by atoms with Gasteiger partial charge in [-0.25, -0.2) is 4.79 Å². The average molecular weight is 316 g/mol. The van der Waals surface area contributed by atoms with E-state index in [9.17, 15) is 4.79 Å². The van der Waals surface area contributed by atoms with Gasteiger partial charge in [0, 0.05) is 20.3 Å². The molecule has 0 aliphatic carbocycles. The van der Waals surface area contributed by atoms with E-state index >= 15 is 0 Å². The van der Waals surface area contributed by atoms with Gasteiger partial charge in [0.1, 0.15) is 0 Å². The molecule has 0 rings (SSSR count). The summed E-state index contributed by atoms with van der Waals surface area (Å²) in [6.07, 6.45) is 5.49. The van der Waals surface area contributed by atoms with Crippen molar-refractivity contribution in [2.75, 3.05) is 33.5 Å². The molecule has 0 bridgehead atoms. The van der Waals surface area contributed by atoms with Crippen molar-refractivity contribution in [3.63, 3.8) is 0 Å². The standard InChI is InChI=1S/C17H32O5/c1-5-7-12-22-17(18)15(3)14-20-11-8-9-13-21-16(19-4)10-6-2/h16H,3,5-14H2,1-2,4H3. The van der Waals surface area contributed by atoms with E-state index in [4.69, 9.17) is 18.9 Å². The molecule has 0 aliphatic rings. The lowest BCUT2D eigenvalue weighted by molar-refractivity contribution is -0.139. The summed E-state index contributed by atoms with van der Waals surface area (Å²) in [4.78, 5) is 11.5. The predicted molar refractivity (Wildman–Crippen MR) is 86.7 cm³/mol. The Hall–Kier alpha value is -0.910. The van der Waals surface area contributed by atoms with Gasteiger partial charge in [0.05, 0.1) is 18.8 Å². The number of hydrogen-bond acceptors (Lipinski definition) is 5. The Kier molecular flexibility index (Phi) is 14.4. The normalized spacial score (nSPS) is 12.1. The molecule has 0 radical (unpaired) electrons. The Bertz CT molecular complexity index is 291. The number of hydrogen-bond donors (Lipinski definition) is 0. The minimum atomic E-state index is -0.362. The average Bonchev–Trinajstić information content (AvgIpc) is 2.52. The Balaban J connectivity index is 3.48. The van der Waals surface area contributed by atoms with E-state index in [1.807, 2.05) is 6.92 Å². The largest absolute Gasteiger partial charge is 0.462 e. The fourth-order valence-electron chi connectivity index (χ4n) is 1.69. The molecule has 5 heteroatoms.